The first-order valence-corrected chi connectivity index (χ1v) is 18.9. The Bertz CT molecular complexity index is 524. The van der Waals surface area contributed by atoms with Crippen LogP contribution in [0.4, 0.5) is 0 Å². The van der Waals surface area contributed by atoms with Gasteiger partial charge in [0.25, 0.3) is 0 Å². The fraction of sp³-hybridized carbons (Fsp3) is 1.00. The summed E-state index contributed by atoms with van der Waals surface area (Å²) in [5, 5.41) is 1.02. The van der Waals surface area contributed by atoms with Crippen LogP contribution in [-0.4, -0.2) is 46.9 Å². The molecule has 218 valence electrons. The van der Waals surface area contributed by atoms with Crippen molar-refractivity contribution in [1.29, 1.82) is 0 Å². The van der Waals surface area contributed by atoms with E-state index in [0.29, 0.717) is 10.7 Å². The molecule has 0 heterocycles. The Morgan fingerprint density at radius 3 is 0.806 bits per heavy atom. The molecule has 0 saturated carbocycles. The summed E-state index contributed by atoms with van der Waals surface area (Å²) in [6.07, 6.45) is 21.5. The number of phosphoric ester groups is 2. The summed E-state index contributed by atoms with van der Waals surface area (Å²) in [5.41, 5.74) is 0. The first kappa shape index (κ1) is 37.2. The second-order valence-corrected chi connectivity index (χ2v) is 13.5. The van der Waals surface area contributed by atoms with Crippen LogP contribution in [-0.2, 0) is 27.2 Å². The molecule has 0 spiro atoms. The summed E-state index contributed by atoms with van der Waals surface area (Å²) in [5.74, 6) is 0. The monoisotopic (exact) mass is 686 g/mol. The zero-order valence-corrected chi connectivity index (χ0v) is 26.9. The third-order valence-electron chi connectivity index (χ3n) is 5.71. The average molecular weight is 688 g/mol. The minimum atomic E-state index is -3.86. The van der Waals surface area contributed by atoms with Gasteiger partial charge in [-0.2, -0.15) is 0 Å². The molecule has 0 radical (unpaired) electrons. The standard InChI is InChI=1S/C24H50Br2O8P2/c25-19-23-33-35(27,28)31-21-17-15-13-11-9-7-5-3-1-2-4-6-8-10-12-14-16-18-22-32-36(29,30)34-24-20-26/h1-24H2,(H,27,28)(H,29,30). The van der Waals surface area contributed by atoms with Crippen LogP contribution in [0.2, 0.25) is 0 Å². The van der Waals surface area contributed by atoms with Crippen LogP contribution in [0.5, 0.6) is 0 Å². The molecule has 36 heavy (non-hydrogen) atoms. The molecule has 0 bridgehead atoms. The van der Waals surface area contributed by atoms with Crippen LogP contribution in [0.15, 0.2) is 0 Å². The summed E-state index contributed by atoms with van der Waals surface area (Å²) >= 11 is 6.28. The van der Waals surface area contributed by atoms with Gasteiger partial charge in [0.05, 0.1) is 26.4 Å². The van der Waals surface area contributed by atoms with Crippen LogP contribution in [0.25, 0.3) is 0 Å². The van der Waals surface area contributed by atoms with Crippen molar-refractivity contribution in [2.45, 2.75) is 116 Å². The summed E-state index contributed by atoms with van der Waals surface area (Å²) in [6.45, 7) is 0.885. The third kappa shape index (κ3) is 28.2. The minimum Gasteiger partial charge on any atom is -0.302 e. The Balaban J connectivity index is 3.21. The highest BCUT2D eigenvalue weighted by molar-refractivity contribution is 9.09. The molecule has 0 aliphatic heterocycles. The Morgan fingerprint density at radius 2 is 0.583 bits per heavy atom. The minimum absolute atomic E-state index is 0.168. The maximum Gasteiger partial charge on any atom is 0.472 e. The molecular weight excluding hydrogens is 638 g/mol. The Hall–Kier alpha value is 1.18. The molecule has 0 aromatic rings. The van der Waals surface area contributed by atoms with E-state index >= 15 is 0 Å². The van der Waals surface area contributed by atoms with Crippen LogP contribution in [0.1, 0.15) is 116 Å². The second-order valence-electron chi connectivity index (χ2n) is 9.01. The van der Waals surface area contributed by atoms with Crippen molar-refractivity contribution in [3.63, 3.8) is 0 Å². The van der Waals surface area contributed by atoms with Gasteiger partial charge >= 0.3 is 15.6 Å². The van der Waals surface area contributed by atoms with E-state index in [-0.39, 0.29) is 26.4 Å². The first-order valence-electron chi connectivity index (χ1n) is 13.7. The fourth-order valence-corrected chi connectivity index (χ4v) is 6.10. The van der Waals surface area contributed by atoms with Gasteiger partial charge in [-0.1, -0.05) is 135 Å². The third-order valence-corrected chi connectivity index (χ3v) is 8.39. The van der Waals surface area contributed by atoms with E-state index < -0.39 is 15.6 Å². The summed E-state index contributed by atoms with van der Waals surface area (Å²) in [4.78, 5) is 18.8. The number of rotatable bonds is 29. The smallest absolute Gasteiger partial charge is 0.302 e. The van der Waals surface area contributed by atoms with Crippen molar-refractivity contribution in [3.05, 3.63) is 0 Å². The van der Waals surface area contributed by atoms with Gasteiger partial charge in [-0.05, 0) is 12.8 Å². The fourth-order valence-electron chi connectivity index (χ4n) is 3.77. The number of hydrogen-bond acceptors (Lipinski definition) is 6. The molecule has 0 aliphatic rings. The van der Waals surface area contributed by atoms with Crippen LogP contribution in [0.3, 0.4) is 0 Å². The van der Waals surface area contributed by atoms with Crippen molar-refractivity contribution < 1.29 is 37.0 Å². The van der Waals surface area contributed by atoms with Gasteiger partial charge in [-0.25, -0.2) is 9.13 Å². The predicted molar refractivity (Wildman–Crippen MR) is 154 cm³/mol. The molecule has 0 aromatic heterocycles. The zero-order valence-electron chi connectivity index (χ0n) is 22.0. The lowest BCUT2D eigenvalue weighted by atomic mass is 10.0. The van der Waals surface area contributed by atoms with Crippen molar-refractivity contribution in [2.75, 3.05) is 37.1 Å². The highest BCUT2D eigenvalue weighted by Gasteiger charge is 2.20. The van der Waals surface area contributed by atoms with Gasteiger partial charge in [0.15, 0.2) is 0 Å². The first-order chi connectivity index (χ1) is 17.3. The van der Waals surface area contributed by atoms with E-state index in [9.17, 15) is 18.9 Å². The molecule has 0 aliphatic carbocycles. The van der Waals surface area contributed by atoms with Gasteiger partial charge < -0.3 is 9.79 Å². The number of phosphoric acid groups is 2. The molecule has 0 aromatic carbocycles. The lowest BCUT2D eigenvalue weighted by Crippen LogP contribution is -1.99. The molecule has 0 amide bonds. The van der Waals surface area contributed by atoms with Crippen LogP contribution in [0, 0.1) is 0 Å². The molecule has 0 fully saturated rings. The molecule has 0 rings (SSSR count). The number of hydrogen-bond donors (Lipinski definition) is 2. The summed E-state index contributed by atoms with van der Waals surface area (Å²) < 4.78 is 42.4. The van der Waals surface area contributed by atoms with Crippen molar-refractivity contribution in [3.8, 4) is 0 Å². The van der Waals surface area contributed by atoms with Crippen molar-refractivity contribution in [2.24, 2.45) is 0 Å². The van der Waals surface area contributed by atoms with Gasteiger partial charge in [-0.3, -0.25) is 18.1 Å². The number of halogens is 2. The van der Waals surface area contributed by atoms with E-state index in [1.165, 1.54) is 77.0 Å². The van der Waals surface area contributed by atoms with Gasteiger partial charge in [0.2, 0.25) is 0 Å². The predicted octanol–water partition coefficient (Wildman–Crippen LogP) is 9.07. The molecule has 2 N–H and O–H groups in total. The van der Waals surface area contributed by atoms with Crippen molar-refractivity contribution in [1.82, 2.24) is 0 Å². The summed E-state index contributed by atoms with van der Waals surface area (Å²) in [7, 11) is -7.73. The Morgan fingerprint density at radius 1 is 0.389 bits per heavy atom. The Labute approximate surface area is 236 Å². The second kappa shape index (κ2) is 26.4. The van der Waals surface area contributed by atoms with E-state index in [1.54, 1.807) is 0 Å². The Kier molecular flexibility index (Phi) is 27.3. The number of alkyl halides is 2. The quantitative estimate of drug-likeness (QED) is 0.0455. The lowest BCUT2D eigenvalue weighted by molar-refractivity contribution is 0.152. The van der Waals surface area contributed by atoms with E-state index in [2.05, 4.69) is 31.9 Å². The lowest BCUT2D eigenvalue weighted by Gasteiger charge is -2.11. The highest BCUT2D eigenvalue weighted by Crippen LogP contribution is 2.43. The molecule has 12 heteroatoms. The maximum absolute atomic E-state index is 11.5. The molecule has 2 unspecified atom stereocenters. The van der Waals surface area contributed by atoms with Gasteiger partial charge in [-0.15, -0.1) is 0 Å². The van der Waals surface area contributed by atoms with Crippen LogP contribution >= 0.6 is 47.5 Å². The summed E-state index contributed by atoms with van der Waals surface area (Å²) in [6, 6.07) is 0. The van der Waals surface area contributed by atoms with E-state index in [0.717, 1.165) is 38.5 Å². The SMILES string of the molecule is O=P(O)(OCCBr)OCCCCCCCCCCCCCCCCCCCCOP(=O)(O)OCCBr. The van der Waals surface area contributed by atoms with Crippen LogP contribution < -0.4 is 0 Å². The van der Waals surface area contributed by atoms with Gasteiger partial charge in [0, 0.05) is 10.7 Å². The molecule has 2 atom stereocenters. The van der Waals surface area contributed by atoms with E-state index in [1.807, 2.05) is 0 Å². The molecular formula is C24H50Br2O8P2. The highest BCUT2D eigenvalue weighted by atomic mass is 79.9. The molecule has 8 nitrogen and oxygen atoms in total. The zero-order chi connectivity index (χ0) is 26.8. The van der Waals surface area contributed by atoms with Crippen molar-refractivity contribution >= 4 is 47.5 Å². The van der Waals surface area contributed by atoms with E-state index in [4.69, 9.17) is 18.1 Å². The molecule has 0 saturated heterocycles. The maximum atomic E-state index is 11.5. The number of unbranched alkanes of at least 4 members (excludes halogenated alkanes) is 17. The normalized spacial score (nSPS) is 15.1. The average Bonchev–Trinajstić information content (AvgIpc) is 2.84. The van der Waals surface area contributed by atoms with Gasteiger partial charge in [0.1, 0.15) is 0 Å². The largest absolute Gasteiger partial charge is 0.472 e. The topological polar surface area (TPSA) is 112 Å².